The van der Waals surface area contributed by atoms with Gasteiger partial charge in [-0.15, -0.1) is 35.3 Å². The van der Waals surface area contributed by atoms with Crippen LogP contribution >= 0.6 is 35.3 Å². The average Bonchev–Trinajstić information content (AvgIpc) is 3.15. The van der Waals surface area contributed by atoms with Crippen molar-refractivity contribution in [1.29, 1.82) is 0 Å². The fourth-order valence-corrected chi connectivity index (χ4v) is 3.57. The van der Waals surface area contributed by atoms with Crippen molar-refractivity contribution in [2.45, 2.75) is 39.2 Å². The van der Waals surface area contributed by atoms with E-state index in [2.05, 4.69) is 46.8 Å². The maximum absolute atomic E-state index is 5.96. The predicted octanol–water partition coefficient (Wildman–Crippen LogP) is 3.82. The zero-order valence-electron chi connectivity index (χ0n) is 16.6. The lowest BCUT2D eigenvalue weighted by atomic mass is 10.2. The van der Waals surface area contributed by atoms with E-state index in [9.17, 15) is 0 Å². The number of ether oxygens (including phenoxy) is 2. The fourth-order valence-electron chi connectivity index (χ4n) is 2.70. The Labute approximate surface area is 188 Å². The summed E-state index contributed by atoms with van der Waals surface area (Å²) in [5.74, 6) is 2.86. The van der Waals surface area contributed by atoms with Crippen LogP contribution in [-0.2, 0) is 6.42 Å². The normalized spacial score (nSPS) is 15.9. The van der Waals surface area contributed by atoms with Crippen LogP contribution in [0.1, 0.15) is 37.4 Å². The highest BCUT2D eigenvalue weighted by molar-refractivity contribution is 14.0. The van der Waals surface area contributed by atoms with E-state index in [1.807, 2.05) is 24.3 Å². The molecule has 2 aromatic rings. The molecule has 154 valence electrons. The topological polar surface area (TPSA) is 67.8 Å². The molecule has 0 aliphatic carbocycles. The Morgan fingerprint density at radius 2 is 2.07 bits per heavy atom. The number of aromatic nitrogens is 1. The number of fused-ring (bicyclic) bond motifs is 1. The third-order valence-electron chi connectivity index (χ3n) is 4.10. The fraction of sp³-hybridized carbons (Fsp3) is 0.500. The molecule has 3 rings (SSSR count). The summed E-state index contributed by atoms with van der Waals surface area (Å²) in [6.07, 6.45) is 0.798. The van der Waals surface area contributed by atoms with Gasteiger partial charge in [-0.2, -0.15) is 0 Å². The number of halogens is 1. The van der Waals surface area contributed by atoms with Gasteiger partial charge in [0.05, 0.1) is 17.2 Å². The van der Waals surface area contributed by atoms with Gasteiger partial charge in [0.25, 0.3) is 0 Å². The van der Waals surface area contributed by atoms with Crippen LogP contribution in [0.25, 0.3) is 0 Å². The van der Waals surface area contributed by atoms with E-state index in [0.717, 1.165) is 42.7 Å². The molecule has 0 bridgehead atoms. The minimum Gasteiger partial charge on any atom is -0.486 e. The minimum absolute atomic E-state index is 0. The van der Waals surface area contributed by atoms with Crippen molar-refractivity contribution in [3.05, 3.63) is 40.3 Å². The number of para-hydroxylation sites is 2. The molecule has 2 N–H and O–H groups in total. The van der Waals surface area contributed by atoms with E-state index in [-0.39, 0.29) is 30.1 Å². The van der Waals surface area contributed by atoms with Crippen LogP contribution in [0.5, 0.6) is 11.5 Å². The van der Waals surface area contributed by atoms with Gasteiger partial charge in [-0.1, -0.05) is 26.0 Å². The minimum atomic E-state index is -0.0810. The summed E-state index contributed by atoms with van der Waals surface area (Å²) in [5.41, 5.74) is 1.13. The first-order valence-corrected chi connectivity index (χ1v) is 10.4. The number of thiazole rings is 1. The summed E-state index contributed by atoms with van der Waals surface area (Å²) in [6, 6.07) is 7.74. The first-order chi connectivity index (χ1) is 13.2. The van der Waals surface area contributed by atoms with Crippen molar-refractivity contribution in [3.8, 4) is 11.5 Å². The lowest BCUT2D eigenvalue weighted by Crippen LogP contribution is -2.40. The zero-order valence-corrected chi connectivity index (χ0v) is 19.8. The van der Waals surface area contributed by atoms with Gasteiger partial charge in [0.2, 0.25) is 0 Å². The first-order valence-electron chi connectivity index (χ1n) is 9.50. The Morgan fingerprint density at radius 3 is 2.79 bits per heavy atom. The number of nitrogens with zero attached hydrogens (tertiary/aromatic N) is 2. The molecule has 6 nitrogen and oxygen atoms in total. The van der Waals surface area contributed by atoms with Crippen molar-refractivity contribution < 1.29 is 9.47 Å². The van der Waals surface area contributed by atoms with Crippen LogP contribution in [0.15, 0.2) is 34.6 Å². The standard InChI is InChI=1S/C20H28N4O2S.HI/c1-4-21-20(22-10-9-15-13-27-19(24-15)14(2)3)23-11-16-12-25-17-7-5-6-8-18(17)26-16;/h5-8,13-14,16H,4,9-12H2,1-3H3,(H2,21,22,23);1H. The Morgan fingerprint density at radius 1 is 1.29 bits per heavy atom. The summed E-state index contributed by atoms with van der Waals surface area (Å²) >= 11 is 1.74. The molecule has 28 heavy (non-hydrogen) atoms. The van der Waals surface area contributed by atoms with Crippen LogP contribution in [-0.4, -0.2) is 43.3 Å². The molecule has 1 aliphatic heterocycles. The molecule has 0 amide bonds. The number of nitrogens with one attached hydrogen (secondary N) is 2. The second-order valence-corrected chi connectivity index (χ2v) is 7.62. The Bertz CT molecular complexity index is 766. The molecule has 1 unspecified atom stereocenters. The maximum Gasteiger partial charge on any atom is 0.191 e. The first kappa shape index (κ1) is 22.7. The number of hydrogen-bond donors (Lipinski definition) is 2. The Kier molecular flexibility index (Phi) is 9.30. The quantitative estimate of drug-likeness (QED) is 0.333. The van der Waals surface area contributed by atoms with Crippen LogP contribution in [0, 0.1) is 0 Å². The molecule has 0 radical (unpaired) electrons. The smallest absolute Gasteiger partial charge is 0.191 e. The third-order valence-corrected chi connectivity index (χ3v) is 5.30. The predicted molar refractivity (Wildman–Crippen MR) is 126 cm³/mol. The number of benzene rings is 1. The Balaban J connectivity index is 0.00000280. The molecule has 1 atom stereocenters. The summed E-state index contributed by atoms with van der Waals surface area (Å²) in [6.45, 7) is 9.05. The van der Waals surface area contributed by atoms with E-state index >= 15 is 0 Å². The summed E-state index contributed by atoms with van der Waals surface area (Å²) in [5, 5.41) is 9.99. The van der Waals surface area contributed by atoms with Crippen LogP contribution in [0.4, 0.5) is 0 Å². The SMILES string of the molecule is CCNC(=NCC1COc2ccccc2O1)NCCc1csc(C(C)C)n1.I. The third kappa shape index (κ3) is 6.51. The number of hydrogen-bond acceptors (Lipinski definition) is 5. The molecule has 2 heterocycles. The molecule has 8 heteroatoms. The van der Waals surface area contributed by atoms with Crippen LogP contribution < -0.4 is 20.1 Å². The zero-order chi connectivity index (χ0) is 19.1. The monoisotopic (exact) mass is 516 g/mol. The van der Waals surface area contributed by atoms with Crippen molar-refractivity contribution >= 4 is 41.3 Å². The van der Waals surface area contributed by atoms with Gasteiger partial charge >= 0.3 is 0 Å². The summed E-state index contributed by atoms with van der Waals surface area (Å²) in [7, 11) is 0. The summed E-state index contributed by atoms with van der Waals surface area (Å²) < 4.78 is 11.7. The molecular weight excluding hydrogens is 487 g/mol. The second kappa shape index (κ2) is 11.5. The molecule has 1 aromatic carbocycles. The van der Waals surface area contributed by atoms with E-state index in [1.54, 1.807) is 11.3 Å². The van der Waals surface area contributed by atoms with Gasteiger partial charge in [-0.05, 0) is 19.1 Å². The van der Waals surface area contributed by atoms with Gasteiger partial charge in [0, 0.05) is 30.8 Å². The van der Waals surface area contributed by atoms with E-state index in [1.165, 1.54) is 5.01 Å². The summed E-state index contributed by atoms with van der Waals surface area (Å²) in [4.78, 5) is 9.32. The molecule has 1 aliphatic rings. The average molecular weight is 516 g/mol. The highest BCUT2D eigenvalue weighted by Gasteiger charge is 2.20. The molecule has 0 saturated carbocycles. The molecule has 1 aromatic heterocycles. The number of guanidine groups is 1. The molecule has 0 spiro atoms. The van der Waals surface area contributed by atoms with Crippen molar-refractivity contribution in [2.75, 3.05) is 26.2 Å². The van der Waals surface area contributed by atoms with E-state index in [0.29, 0.717) is 19.1 Å². The van der Waals surface area contributed by atoms with E-state index < -0.39 is 0 Å². The van der Waals surface area contributed by atoms with Crippen LogP contribution in [0.3, 0.4) is 0 Å². The molecular formula is C20H29IN4O2S. The largest absolute Gasteiger partial charge is 0.486 e. The van der Waals surface area contributed by atoms with E-state index in [4.69, 9.17) is 9.47 Å². The Hall–Kier alpha value is -1.55. The van der Waals surface area contributed by atoms with Gasteiger partial charge in [0.15, 0.2) is 23.6 Å². The van der Waals surface area contributed by atoms with Crippen molar-refractivity contribution in [2.24, 2.45) is 4.99 Å². The lowest BCUT2D eigenvalue weighted by Gasteiger charge is -2.25. The van der Waals surface area contributed by atoms with Gasteiger partial charge < -0.3 is 20.1 Å². The molecule has 0 fully saturated rings. The lowest BCUT2D eigenvalue weighted by molar-refractivity contribution is 0.0971. The number of aliphatic imine (C=N–C) groups is 1. The maximum atomic E-state index is 5.96. The van der Waals surface area contributed by atoms with Gasteiger partial charge in [0.1, 0.15) is 6.61 Å². The second-order valence-electron chi connectivity index (χ2n) is 6.73. The number of rotatable bonds is 7. The van der Waals surface area contributed by atoms with Gasteiger partial charge in [-0.25, -0.2) is 9.98 Å². The van der Waals surface area contributed by atoms with Crippen LogP contribution in [0.2, 0.25) is 0 Å². The van der Waals surface area contributed by atoms with Gasteiger partial charge in [-0.3, -0.25) is 0 Å². The highest BCUT2D eigenvalue weighted by Crippen LogP contribution is 2.30. The molecule has 0 saturated heterocycles. The highest BCUT2D eigenvalue weighted by atomic mass is 127. The van der Waals surface area contributed by atoms with Crippen molar-refractivity contribution in [1.82, 2.24) is 15.6 Å². The van der Waals surface area contributed by atoms with Crippen molar-refractivity contribution in [3.63, 3.8) is 0 Å².